The number of aryl methyl sites for hydroxylation is 2. The molecule has 0 amide bonds. The van der Waals surface area contributed by atoms with Crippen molar-refractivity contribution < 1.29 is 9.53 Å². The molecule has 3 rings (SSSR count). The first-order valence-electron chi connectivity index (χ1n) is 10.4. The fourth-order valence-corrected chi connectivity index (χ4v) is 5.48. The van der Waals surface area contributed by atoms with Gasteiger partial charge in [-0.05, 0) is 49.0 Å². The smallest absolute Gasteiger partial charge is 0.305 e. The molecule has 28 heavy (non-hydrogen) atoms. The van der Waals surface area contributed by atoms with Gasteiger partial charge >= 0.3 is 5.97 Å². The lowest BCUT2D eigenvalue weighted by atomic mass is 9.72. The van der Waals surface area contributed by atoms with E-state index in [1.807, 2.05) is 0 Å². The molecule has 2 aromatic heterocycles. The van der Waals surface area contributed by atoms with Crippen LogP contribution in [0.1, 0.15) is 69.6 Å². The average molecular weight is 405 g/mol. The van der Waals surface area contributed by atoms with E-state index in [1.165, 1.54) is 17.6 Å². The minimum absolute atomic E-state index is 0.0741. The van der Waals surface area contributed by atoms with E-state index in [2.05, 4.69) is 27.7 Å². The SMILES string of the molecule is CCCc1nc2sc3c(c2c(=O)n1CCCC(=O)OC)CCC(C(C)(C)C)C3. The number of fused-ring (bicyclic) bond motifs is 3. The molecule has 0 saturated heterocycles. The third-order valence-electron chi connectivity index (χ3n) is 5.94. The van der Waals surface area contributed by atoms with Crippen LogP contribution in [0.4, 0.5) is 0 Å². The van der Waals surface area contributed by atoms with Crippen molar-refractivity contribution in [2.75, 3.05) is 7.11 Å². The van der Waals surface area contributed by atoms with E-state index in [0.29, 0.717) is 25.3 Å². The minimum Gasteiger partial charge on any atom is -0.469 e. The molecule has 0 radical (unpaired) electrons. The molecule has 0 N–H and O–H groups in total. The second-order valence-corrected chi connectivity index (χ2v) is 9.99. The Morgan fingerprint density at radius 3 is 2.75 bits per heavy atom. The summed E-state index contributed by atoms with van der Waals surface area (Å²) < 4.78 is 6.53. The summed E-state index contributed by atoms with van der Waals surface area (Å²) in [7, 11) is 1.40. The van der Waals surface area contributed by atoms with Gasteiger partial charge in [0, 0.05) is 24.3 Å². The number of nitrogens with zero attached hydrogens (tertiary/aromatic N) is 2. The molecule has 5 nitrogen and oxygen atoms in total. The van der Waals surface area contributed by atoms with Crippen LogP contribution in [0.3, 0.4) is 0 Å². The Bertz CT molecular complexity index is 920. The summed E-state index contributed by atoms with van der Waals surface area (Å²) in [6.45, 7) is 9.54. The third-order valence-corrected chi connectivity index (χ3v) is 7.08. The van der Waals surface area contributed by atoms with Crippen LogP contribution >= 0.6 is 11.3 Å². The van der Waals surface area contributed by atoms with Gasteiger partial charge in [-0.1, -0.05) is 27.7 Å². The van der Waals surface area contributed by atoms with E-state index in [9.17, 15) is 9.59 Å². The molecule has 2 heterocycles. The van der Waals surface area contributed by atoms with Crippen LogP contribution in [0, 0.1) is 11.3 Å². The number of aromatic nitrogens is 2. The molecule has 1 aliphatic rings. The number of ether oxygens (including phenoxy) is 1. The molecule has 1 aliphatic carbocycles. The van der Waals surface area contributed by atoms with Crippen molar-refractivity contribution in [3.8, 4) is 0 Å². The van der Waals surface area contributed by atoms with Crippen molar-refractivity contribution >= 4 is 27.5 Å². The summed E-state index contributed by atoms with van der Waals surface area (Å²) in [5.74, 6) is 1.25. The number of methoxy groups -OCH3 is 1. The molecular formula is C22H32N2O3S. The lowest BCUT2D eigenvalue weighted by Crippen LogP contribution is -2.28. The summed E-state index contributed by atoms with van der Waals surface area (Å²) in [5.41, 5.74) is 1.58. The summed E-state index contributed by atoms with van der Waals surface area (Å²) >= 11 is 1.72. The molecular weight excluding hydrogens is 372 g/mol. The highest BCUT2D eigenvalue weighted by Crippen LogP contribution is 2.42. The first kappa shape index (κ1) is 21.0. The van der Waals surface area contributed by atoms with Gasteiger partial charge < -0.3 is 4.74 Å². The van der Waals surface area contributed by atoms with Gasteiger partial charge in [0.25, 0.3) is 5.56 Å². The predicted molar refractivity (Wildman–Crippen MR) is 114 cm³/mol. The normalized spacial score (nSPS) is 17.0. The Kier molecular flexibility index (Phi) is 6.28. The molecule has 1 unspecified atom stereocenters. The summed E-state index contributed by atoms with van der Waals surface area (Å²) in [6.07, 6.45) is 5.76. The second kappa shape index (κ2) is 8.36. The first-order valence-corrected chi connectivity index (χ1v) is 11.2. The zero-order chi connectivity index (χ0) is 20.5. The number of carbonyl (C=O) groups is 1. The van der Waals surface area contributed by atoms with E-state index in [-0.39, 0.29) is 16.9 Å². The number of esters is 1. The van der Waals surface area contributed by atoms with Crippen LogP contribution in [0.5, 0.6) is 0 Å². The molecule has 154 valence electrons. The van der Waals surface area contributed by atoms with E-state index in [4.69, 9.17) is 9.72 Å². The predicted octanol–water partition coefficient (Wildman–Crippen LogP) is 4.51. The maximum Gasteiger partial charge on any atom is 0.305 e. The van der Waals surface area contributed by atoms with Gasteiger partial charge in [0.1, 0.15) is 10.7 Å². The van der Waals surface area contributed by atoms with Crippen molar-refractivity contribution in [1.82, 2.24) is 9.55 Å². The van der Waals surface area contributed by atoms with E-state index < -0.39 is 0 Å². The highest BCUT2D eigenvalue weighted by molar-refractivity contribution is 7.18. The molecule has 0 fully saturated rings. The molecule has 6 heteroatoms. The number of thiophene rings is 1. The Morgan fingerprint density at radius 2 is 2.11 bits per heavy atom. The quantitative estimate of drug-likeness (QED) is 0.665. The standard InChI is InChI=1S/C22H32N2O3S/c1-6-8-17-23-20-19(21(26)24(17)12-7-9-18(25)27-5)15-11-10-14(22(2,3)4)13-16(15)28-20/h14H,6-13H2,1-5H3. The Labute approximate surface area is 171 Å². The monoisotopic (exact) mass is 404 g/mol. The van der Waals surface area contributed by atoms with Crippen molar-refractivity contribution in [3.05, 3.63) is 26.6 Å². The summed E-state index contributed by atoms with van der Waals surface area (Å²) in [4.78, 5) is 32.0. The van der Waals surface area contributed by atoms with E-state index in [1.54, 1.807) is 15.9 Å². The molecule has 1 atom stereocenters. The van der Waals surface area contributed by atoms with Crippen molar-refractivity contribution in [1.29, 1.82) is 0 Å². The zero-order valence-corrected chi connectivity index (χ0v) is 18.6. The average Bonchev–Trinajstić information content (AvgIpc) is 3.01. The number of carbonyl (C=O) groups excluding carboxylic acids is 1. The van der Waals surface area contributed by atoms with Crippen molar-refractivity contribution in [3.63, 3.8) is 0 Å². The first-order chi connectivity index (χ1) is 13.3. The summed E-state index contributed by atoms with van der Waals surface area (Å²) in [6, 6.07) is 0. The van der Waals surface area contributed by atoms with E-state index >= 15 is 0 Å². The van der Waals surface area contributed by atoms with Gasteiger partial charge in [-0.25, -0.2) is 4.98 Å². The Hall–Kier alpha value is -1.69. The Morgan fingerprint density at radius 1 is 1.36 bits per heavy atom. The highest BCUT2D eigenvalue weighted by Gasteiger charge is 2.32. The van der Waals surface area contributed by atoms with Gasteiger partial charge in [0.2, 0.25) is 0 Å². The minimum atomic E-state index is -0.236. The van der Waals surface area contributed by atoms with Crippen LogP contribution in [0.25, 0.3) is 10.2 Å². The number of rotatable bonds is 6. The van der Waals surface area contributed by atoms with Crippen LogP contribution < -0.4 is 5.56 Å². The molecule has 0 bridgehead atoms. The lowest BCUT2D eigenvalue weighted by molar-refractivity contribution is -0.140. The van der Waals surface area contributed by atoms with Gasteiger partial charge in [0.05, 0.1) is 12.5 Å². The fourth-order valence-electron chi connectivity index (χ4n) is 4.17. The maximum absolute atomic E-state index is 13.4. The van der Waals surface area contributed by atoms with Gasteiger partial charge in [0.15, 0.2) is 0 Å². The van der Waals surface area contributed by atoms with Gasteiger partial charge in [-0.15, -0.1) is 11.3 Å². The number of hydrogen-bond donors (Lipinski definition) is 0. The van der Waals surface area contributed by atoms with Crippen molar-refractivity contribution in [2.24, 2.45) is 11.3 Å². The lowest BCUT2D eigenvalue weighted by Gasteiger charge is -2.33. The summed E-state index contributed by atoms with van der Waals surface area (Å²) in [5, 5.41) is 0.824. The second-order valence-electron chi connectivity index (χ2n) is 8.90. The topological polar surface area (TPSA) is 61.2 Å². The number of hydrogen-bond acceptors (Lipinski definition) is 5. The fraction of sp³-hybridized carbons (Fsp3) is 0.682. The molecule has 0 aliphatic heterocycles. The molecule has 0 saturated carbocycles. The third kappa shape index (κ3) is 4.17. The van der Waals surface area contributed by atoms with Crippen LogP contribution in [-0.4, -0.2) is 22.6 Å². The largest absolute Gasteiger partial charge is 0.469 e. The Balaban J connectivity index is 2.00. The van der Waals surface area contributed by atoms with E-state index in [0.717, 1.165) is 48.1 Å². The molecule has 2 aromatic rings. The van der Waals surface area contributed by atoms with Crippen LogP contribution in [0.2, 0.25) is 0 Å². The van der Waals surface area contributed by atoms with Gasteiger partial charge in [-0.3, -0.25) is 14.2 Å². The van der Waals surface area contributed by atoms with Crippen LogP contribution in [-0.2, 0) is 35.3 Å². The zero-order valence-electron chi connectivity index (χ0n) is 17.8. The van der Waals surface area contributed by atoms with Crippen LogP contribution in [0.15, 0.2) is 4.79 Å². The van der Waals surface area contributed by atoms with Gasteiger partial charge in [-0.2, -0.15) is 0 Å². The molecule has 0 aromatic carbocycles. The molecule has 0 spiro atoms. The van der Waals surface area contributed by atoms with Crippen molar-refractivity contribution in [2.45, 2.75) is 79.2 Å². The highest BCUT2D eigenvalue weighted by atomic mass is 32.1. The maximum atomic E-state index is 13.4.